The largest absolute Gasteiger partial charge is 0.355 e. The van der Waals surface area contributed by atoms with Gasteiger partial charge in [-0.15, -0.1) is 0 Å². The molecule has 126 valence electrons. The average molecular weight is 342 g/mol. The van der Waals surface area contributed by atoms with Crippen molar-refractivity contribution in [2.24, 2.45) is 0 Å². The van der Waals surface area contributed by atoms with Gasteiger partial charge in [0, 0.05) is 17.5 Å². The SMILES string of the molecule is CCC(/C=C/c1ccc(CNC=O)c(C)c1)c1cc(C)cc(Cl)c1. The minimum atomic E-state index is 0.346. The van der Waals surface area contributed by atoms with Gasteiger partial charge in [0.2, 0.25) is 6.41 Å². The van der Waals surface area contributed by atoms with Crippen molar-refractivity contribution in [2.75, 3.05) is 0 Å². The molecule has 1 unspecified atom stereocenters. The number of hydrogen-bond donors (Lipinski definition) is 1. The third-order valence-electron chi connectivity index (χ3n) is 4.20. The lowest BCUT2D eigenvalue weighted by Gasteiger charge is -2.12. The Morgan fingerprint density at radius 2 is 1.96 bits per heavy atom. The van der Waals surface area contributed by atoms with Gasteiger partial charge in [-0.05, 0) is 60.2 Å². The third kappa shape index (κ3) is 4.97. The fourth-order valence-corrected chi connectivity index (χ4v) is 3.16. The zero-order valence-corrected chi connectivity index (χ0v) is 15.2. The average Bonchev–Trinajstić information content (AvgIpc) is 2.54. The van der Waals surface area contributed by atoms with Crippen LogP contribution in [-0.2, 0) is 11.3 Å². The normalized spacial score (nSPS) is 12.3. The van der Waals surface area contributed by atoms with Gasteiger partial charge in [-0.1, -0.05) is 54.9 Å². The molecular weight excluding hydrogens is 318 g/mol. The summed E-state index contributed by atoms with van der Waals surface area (Å²) in [5, 5.41) is 3.50. The summed E-state index contributed by atoms with van der Waals surface area (Å²) in [6.07, 6.45) is 6.15. The van der Waals surface area contributed by atoms with Crippen molar-refractivity contribution in [3.05, 3.63) is 75.3 Å². The topological polar surface area (TPSA) is 29.1 Å². The van der Waals surface area contributed by atoms with Crippen LogP contribution in [0.1, 0.15) is 47.1 Å². The molecule has 0 radical (unpaired) electrons. The molecule has 1 amide bonds. The summed E-state index contributed by atoms with van der Waals surface area (Å²) in [5.74, 6) is 0.346. The molecule has 0 heterocycles. The first-order chi connectivity index (χ1) is 11.5. The van der Waals surface area contributed by atoms with Crippen LogP contribution in [0.3, 0.4) is 0 Å². The smallest absolute Gasteiger partial charge is 0.207 e. The van der Waals surface area contributed by atoms with E-state index in [9.17, 15) is 4.79 Å². The summed E-state index contributed by atoms with van der Waals surface area (Å²) in [7, 11) is 0. The molecule has 0 saturated carbocycles. The van der Waals surface area contributed by atoms with Crippen LogP contribution in [0.4, 0.5) is 0 Å². The van der Waals surface area contributed by atoms with Gasteiger partial charge in [-0.25, -0.2) is 0 Å². The fourth-order valence-electron chi connectivity index (χ4n) is 2.86. The quantitative estimate of drug-likeness (QED) is 0.670. The standard InChI is InChI=1S/C21H24ClNO/c1-4-18(20-9-15(2)10-21(22)12-20)7-5-17-6-8-19(13-23-14-24)16(3)11-17/h5-12,14,18H,4,13H2,1-3H3,(H,23,24)/b7-5+. The molecular formula is C21H24ClNO. The maximum Gasteiger partial charge on any atom is 0.207 e. The Morgan fingerprint density at radius 1 is 1.17 bits per heavy atom. The lowest BCUT2D eigenvalue weighted by atomic mass is 9.93. The number of aryl methyl sites for hydroxylation is 2. The first-order valence-corrected chi connectivity index (χ1v) is 8.63. The zero-order chi connectivity index (χ0) is 17.5. The maximum atomic E-state index is 10.4. The van der Waals surface area contributed by atoms with Gasteiger partial charge in [0.1, 0.15) is 0 Å². The summed E-state index contributed by atoms with van der Waals surface area (Å²) < 4.78 is 0. The van der Waals surface area contributed by atoms with E-state index in [1.807, 2.05) is 12.1 Å². The van der Waals surface area contributed by atoms with Gasteiger partial charge >= 0.3 is 0 Å². The lowest BCUT2D eigenvalue weighted by Crippen LogP contribution is -2.10. The fraction of sp³-hybridized carbons (Fsp3) is 0.286. The van der Waals surface area contributed by atoms with Crippen molar-refractivity contribution >= 4 is 24.1 Å². The van der Waals surface area contributed by atoms with E-state index < -0.39 is 0 Å². The van der Waals surface area contributed by atoms with Crippen LogP contribution in [0.5, 0.6) is 0 Å². The predicted molar refractivity (Wildman–Crippen MR) is 102 cm³/mol. The minimum Gasteiger partial charge on any atom is -0.355 e. The number of nitrogens with one attached hydrogen (secondary N) is 1. The van der Waals surface area contributed by atoms with Crippen molar-refractivity contribution in [1.82, 2.24) is 5.32 Å². The molecule has 1 N–H and O–H groups in total. The van der Waals surface area contributed by atoms with Gasteiger partial charge in [0.15, 0.2) is 0 Å². The summed E-state index contributed by atoms with van der Waals surface area (Å²) in [5.41, 5.74) is 5.92. The molecule has 0 bridgehead atoms. The van der Waals surface area contributed by atoms with Crippen LogP contribution < -0.4 is 5.32 Å². The first-order valence-electron chi connectivity index (χ1n) is 8.25. The van der Waals surface area contributed by atoms with Crippen molar-refractivity contribution in [3.8, 4) is 0 Å². The monoisotopic (exact) mass is 341 g/mol. The van der Waals surface area contributed by atoms with Crippen LogP contribution in [0, 0.1) is 13.8 Å². The number of halogens is 1. The molecule has 0 aliphatic heterocycles. The highest BCUT2D eigenvalue weighted by atomic mass is 35.5. The predicted octanol–water partition coefficient (Wildman–Crippen LogP) is 5.41. The molecule has 2 rings (SSSR count). The molecule has 1 atom stereocenters. The molecule has 3 heteroatoms. The van der Waals surface area contributed by atoms with E-state index in [1.165, 1.54) is 22.3 Å². The molecule has 2 aromatic rings. The zero-order valence-electron chi connectivity index (χ0n) is 14.5. The number of carbonyl (C=O) groups is 1. The van der Waals surface area contributed by atoms with Gasteiger partial charge in [-0.3, -0.25) is 4.79 Å². The second-order valence-corrected chi connectivity index (χ2v) is 6.56. The first kappa shape index (κ1) is 18.3. The van der Waals surface area contributed by atoms with Crippen LogP contribution in [0.15, 0.2) is 42.5 Å². The van der Waals surface area contributed by atoms with Crippen molar-refractivity contribution in [2.45, 2.75) is 39.7 Å². The van der Waals surface area contributed by atoms with Gasteiger partial charge < -0.3 is 5.32 Å². The number of benzene rings is 2. The highest BCUT2D eigenvalue weighted by molar-refractivity contribution is 6.30. The van der Waals surface area contributed by atoms with Gasteiger partial charge in [-0.2, -0.15) is 0 Å². The molecule has 2 nitrogen and oxygen atoms in total. The molecule has 0 aromatic heterocycles. The molecule has 0 spiro atoms. The summed E-state index contributed by atoms with van der Waals surface area (Å²) in [6.45, 7) is 6.89. The Kier molecular flexibility index (Phi) is 6.62. The molecule has 24 heavy (non-hydrogen) atoms. The Bertz CT molecular complexity index is 716. The maximum absolute atomic E-state index is 10.4. The number of hydrogen-bond acceptors (Lipinski definition) is 1. The van der Waals surface area contributed by atoms with Crippen LogP contribution in [-0.4, -0.2) is 6.41 Å². The molecule has 0 fully saturated rings. The van der Waals surface area contributed by atoms with E-state index in [0.29, 0.717) is 12.5 Å². The Labute approximate surface area is 149 Å². The van der Waals surface area contributed by atoms with E-state index in [0.717, 1.165) is 23.4 Å². The van der Waals surface area contributed by atoms with Gasteiger partial charge in [0.05, 0.1) is 0 Å². The highest BCUT2D eigenvalue weighted by Crippen LogP contribution is 2.26. The van der Waals surface area contributed by atoms with Gasteiger partial charge in [0.25, 0.3) is 0 Å². The van der Waals surface area contributed by atoms with Crippen LogP contribution in [0.2, 0.25) is 5.02 Å². The second-order valence-electron chi connectivity index (χ2n) is 6.12. The highest BCUT2D eigenvalue weighted by Gasteiger charge is 2.07. The lowest BCUT2D eigenvalue weighted by molar-refractivity contribution is -0.109. The second kappa shape index (κ2) is 8.70. The molecule has 0 saturated heterocycles. The minimum absolute atomic E-state index is 0.346. The number of rotatable bonds is 7. The van der Waals surface area contributed by atoms with Crippen LogP contribution >= 0.6 is 11.6 Å². The van der Waals surface area contributed by atoms with Crippen molar-refractivity contribution < 1.29 is 4.79 Å². The Hall–Kier alpha value is -2.06. The summed E-state index contributed by atoms with van der Waals surface area (Å²) >= 11 is 6.19. The molecule has 0 aliphatic rings. The van der Waals surface area contributed by atoms with Crippen LogP contribution in [0.25, 0.3) is 6.08 Å². The number of allylic oxidation sites excluding steroid dienone is 1. The van der Waals surface area contributed by atoms with Crippen molar-refractivity contribution in [3.63, 3.8) is 0 Å². The van der Waals surface area contributed by atoms with Crippen molar-refractivity contribution in [1.29, 1.82) is 0 Å². The number of carbonyl (C=O) groups excluding carboxylic acids is 1. The van der Waals surface area contributed by atoms with E-state index >= 15 is 0 Å². The van der Waals surface area contributed by atoms with E-state index in [2.05, 4.69) is 62.5 Å². The Morgan fingerprint density at radius 3 is 2.58 bits per heavy atom. The number of amides is 1. The summed E-state index contributed by atoms with van der Waals surface area (Å²) in [4.78, 5) is 10.4. The molecule has 2 aromatic carbocycles. The Balaban J connectivity index is 2.18. The van der Waals surface area contributed by atoms with E-state index in [4.69, 9.17) is 11.6 Å². The molecule has 0 aliphatic carbocycles. The van der Waals surface area contributed by atoms with E-state index in [1.54, 1.807) is 0 Å². The summed E-state index contributed by atoms with van der Waals surface area (Å²) in [6, 6.07) is 12.5. The van der Waals surface area contributed by atoms with E-state index in [-0.39, 0.29) is 0 Å². The third-order valence-corrected chi connectivity index (χ3v) is 4.41.